The molecule has 8 heteroatoms. The number of anilines is 1. The zero-order valence-electron chi connectivity index (χ0n) is 15.6. The van der Waals surface area contributed by atoms with Crippen molar-refractivity contribution in [1.29, 1.82) is 0 Å². The normalized spacial score (nSPS) is 14.6. The molecular formula is C20H19FN4O2S. The van der Waals surface area contributed by atoms with E-state index in [0.717, 1.165) is 21.7 Å². The Bertz CT molecular complexity index is 1040. The topological polar surface area (TPSA) is 58.4 Å². The van der Waals surface area contributed by atoms with Gasteiger partial charge in [0.15, 0.2) is 0 Å². The highest BCUT2D eigenvalue weighted by atomic mass is 32.1. The van der Waals surface area contributed by atoms with Crippen molar-refractivity contribution in [3.8, 4) is 11.1 Å². The van der Waals surface area contributed by atoms with Gasteiger partial charge in [-0.25, -0.2) is 4.39 Å². The van der Waals surface area contributed by atoms with Gasteiger partial charge in [-0.15, -0.1) is 11.3 Å². The summed E-state index contributed by atoms with van der Waals surface area (Å²) in [5, 5.41) is 4.10. The maximum atomic E-state index is 13.2. The van der Waals surface area contributed by atoms with Gasteiger partial charge in [-0.1, -0.05) is 12.1 Å². The molecule has 0 N–H and O–H groups in total. The van der Waals surface area contributed by atoms with Crippen LogP contribution < -0.4 is 4.90 Å². The molecular weight excluding hydrogens is 379 g/mol. The lowest BCUT2D eigenvalue weighted by Crippen LogP contribution is -2.52. The highest BCUT2D eigenvalue weighted by Gasteiger charge is 2.30. The third-order valence-corrected chi connectivity index (χ3v) is 5.83. The average Bonchev–Trinajstić information content (AvgIpc) is 3.27. The molecule has 144 valence electrons. The summed E-state index contributed by atoms with van der Waals surface area (Å²) in [6, 6.07) is 8.05. The van der Waals surface area contributed by atoms with E-state index < -0.39 is 0 Å². The quantitative estimate of drug-likeness (QED) is 0.681. The van der Waals surface area contributed by atoms with Crippen molar-refractivity contribution in [2.75, 3.05) is 24.5 Å². The van der Waals surface area contributed by atoms with E-state index in [-0.39, 0.29) is 24.2 Å². The van der Waals surface area contributed by atoms with Crippen LogP contribution in [-0.4, -0.2) is 46.1 Å². The average molecular weight is 398 g/mol. The Morgan fingerprint density at radius 1 is 1.21 bits per heavy atom. The fraction of sp³-hybridized carbons (Fsp3) is 0.250. The third kappa shape index (κ3) is 3.43. The van der Waals surface area contributed by atoms with Gasteiger partial charge >= 0.3 is 0 Å². The van der Waals surface area contributed by atoms with Gasteiger partial charge in [0.25, 0.3) is 5.91 Å². The molecule has 28 heavy (non-hydrogen) atoms. The van der Waals surface area contributed by atoms with Crippen LogP contribution in [0.15, 0.2) is 42.7 Å². The molecule has 2 aromatic heterocycles. The molecule has 1 aromatic carbocycles. The molecule has 0 spiro atoms. The number of carbonyl (C=O) groups is 2. The maximum absolute atomic E-state index is 13.2. The van der Waals surface area contributed by atoms with Crippen LogP contribution in [-0.2, 0) is 11.8 Å². The third-order valence-electron chi connectivity index (χ3n) is 4.79. The number of thiophene rings is 1. The van der Waals surface area contributed by atoms with E-state index in [2.05, 4.69) is 5.10 Å². The number of benzene rings is 1. The van der Waals surface area contributed by atoms with Crippen LogP contribution in [0.5, 0.6) is 0 Å². The van der Waals surface area contributed by atoms with Gasteiger partial charge in [0.1, 0.15) is 12.4 Å². The Hall–Kier alpha value is -3.00. The molecule has 4 rings (SSSR count). The number of nitrogens with zero attached hydrogens (tertiary/aromatic N) is 4. The fourth-order valence-electron chi connectivity index (χ4n) is 3.33. The van der Waals surface area contributed by atoms with Crippen LogP contribution in [0.1, 0.15) is 14.5 Å². The van der Waals surface area contributed by atoms with Crippen LogP contribution >= 0.6 is 11.3 Å². The SMILES string of the molecule is Cc1sc(C(=O)N2CCN(c3cnn(C)c3)C(=O)C2)cc1-c1ccc(F)cc1. The lowest BCUT2D eigenvalue weighted by Gasteiger charge is -2.33. The largest absolute Gasteiger partial charge is 0.327 e. The van der Waals surface area contributed by atoms with Gasteiger partial charge in [0.05, 0.1) is 16.8 Å². The first-order valence-corrected chi connectivity index (χ1v) is 9.68. The summed E-state index contributed by atoms with van der Waals surface area (Å²) >= 11 is 1.39. The lowest BCUT2D eigenvalue weighted by atomic mass is 10.1. The molecule has 1 saturated heterocycles. The lowest BCUT2D eigenvalue weighted by molar-refractivity contribution is -0.120. The van der Waals surface area contributed by atoms with Crippen LogP contribution in [0.25, 0.3) is 11.1 Å². The fourth-order valence-corrected chi connectivity index (χ4v) is 4.34. The van der Waals surface area contributed by atoms with Crippen molar-refractivity contribution < 1.29 is 14.0 Å². The van der Waals surface area contributed by atoms with Gasteiger partial charge in [-0.05, 0) is 36.2 Å². The zero-order chi connectivity index (χ0) is 19.8. The molecule has 0 saturated carbocycles. The van der Waals surface area contributed by atoms with E-state index in [9.17, 15) is 14.0 Å². The molecule has 0 radical (unpaired) electrons. The molecule has 3 aromatic rings. The van der Waals surface area contributed by atoms with Gasteiger partial charge in [0, 0.05) is 31.2 Å². The highest BCUT2D eigenvalue weighted by Crippen LogP contribution is 2.32. The number of hydrogen-bond donors (Lipinski definition) is 0. The molecule has 0 atom stereocenters. The first-order chi connectivity index (χ1) is 13.4. The number of aryl methyl sites for hydroxylation is 2. The summed E-state index contributed by atoms with van der Waals surface area (Å²) in [7, 11) is 1.80. The highest BCUT2D eigenvalue weighted by molar-refractivity contribution is 7.14. The molecule has 1 fully saturated rings. The molecule has 3 heterocycles. The van der Waals surface area contributed by atoms with Gasteiger partial charge in [-0.3, -0.25) is 14.3 Å². The van der Waals surface area contributed by atoms with E-state index in [1.165, 1.54) is 23.5 Å². The number of piperazine rings is 1. The van der Waals surface area contributed by atoms with E-state index >= 15 is 0 Å². The number of rotatable bonds is 3. The van der Waals surface area contributed by atoms with Crippen LogP contribution in [0.3, 0.4) is 0 Å². The smallest absolute Gasteiger partial charge is 0.264 e. The van der Waals surface area contributed by atoms with Gasteiger partial charge < -0.3 is 9.80 Å². The molecule has 0 aliphatic carbocycles. The molecule has 1 aliphatic heterocycles. The second-order valence-corrected chi connectivity index (χ2v) is 7.99. The summed E-state index contributed by atoms with van der Waals surface area (Å²) in [5.74, 6) is -0.571. The van der Waals surface area contributed by atoms with Crippen molar-refractivity contribution in [2.24, 2.45) is 7.05 Å². The first kappa shape index (κ1) is 18.4. The van der Waals surface area contributed by atoms with Crippen molar-refractivity contribution in [1.82, 2.24) is 14.7 Å². The summed E-state index contributed by atoms with van der Waals surface area (Å²) < 4.78 is 14.8. The first-order valence-electron chi connectivity index (χ1n) is 8.87. The van der Waals surface area contributed by atoms with Gasteiger partial charge in [-0.2, -0.15) is 5.10 Å². The van der Waals surface area contributed by atoms with Crippen LogP contribution in [0.4, 0.5) is 10.1 Å². The Kier molecular flexibility index (Phi) is 4.72. The molecule has 0 bridgehead atoms. The number of amides is 2. The number of carbonyl (C=O) groups excluding carboxylic acids is 2. The molecule has 1 aliphatic rings. The van der Waals surface area contributed by atoms with Gasteiger partial charge in [0.2, 0.25) is 5.91 Å². The standard InChI is InChI=1S/C20H19FN4O2S/c1-13-17(14-3-5-15(21)6-4-14)9-18(28-13)20(27)24-7-8-25(19(26)12-24)16-10-22-23(2)11-16/h3-6,9-11H,7-8,12H2,1-2H3. The van der Waals surface area contributed by atoms with Crippen molar-refractivity contribution in [2.45, 2.75) is 6.92 Å². The molecule has 0 unspecified atom stereocenters. The number of halogens is 1. The summed E-state index contributed by atoms with van der Waals surface area (Å²) in [4.78, 5) is 30.3. The van der Waals surface area contributed by atoms with Crippen LogP contribution in [0.2, 0.25) is 0 Å². The van der Waals surface area contributed by atoms with E-state index in [4.69, 9.17) is 0 Å². The maximum Gasteiger partial charge on any atom is 0.264 e. The minimum atomic E-state index is -0.294. The predicted octanol–water partition coefficient (Wildman–Crippen LogP) is 3.09. The Morgan fingerprint density at radius 2 is 1.96 bits per heavy atom. The Labute approximate surface area is 165 Å². The summed E-state index contributed by atoms with van der Waals surface area (Å²) in [6.07, 6.45) is 3.43. The Balaban J connectivity index is 1.50. The minimum absolute atomic E-state index is 0.0383. The number of hydrogen-bond acceptors (Lipinski definition) is 4. The van der Waals surface area contributed by atoms with E-state index in [1.807, 2.05) is 13.0 Å². The number of aromatic nitrogens is 2. The molecule has 6 nitrogen and oxygen atoms in total. The minimum Gasteiger partial charge on any atom is -0.327 e. The van der Waals surface area contributed by atoms with Crippen molar-refractivity contribution in [3.63, 3.8) is 0 Å². The summed E-state index contributed by atoms with van der Waals surface area (Å²) in [5.41, 5.74) is 2.52. The van der Waals surface area contributed by atoms with Crippen molar-refractivity contribution in [3.05, 3.63) is 58.3 Å². The zero-order valence-corrected chi connectivity index (χ0v) is 16.4. The van der Waals surface area contributed by atoms with E-state index in [0.29, 0.717) is 18.0 Å². The predicted molar refractivity (Wildman–Crippen MR) is 106 cm³/mol. The molecule has 2 amide bonds. The second kappa shape index (κ2) is 7.20. The van der Waals surface area contributed by atoms with Crippen molar-refractivity contribution >= 4 is 28.8 Å². The summed E-state index contributed by atoms with van der Waals surface area (Å²) in [6.45, 7) is 2.87. The Morgan fingerprint density at radius 3 is 2.61 bits per heavy atom. The van der Waals surface area contributed by atoms with E-state index in [1.54, 1.807) is 46.1 Å². The second-order valence-electron chi connectivity index (χ2n) is 6.73. The monoisotopic (exact) mass is 398 g/mol. The van der Waals surface area contributed by atoms with Crippen LogP contribution in [0, 0.1) is 12.7 Å².